The van der Waals surface area contributed by atoms with Gasteiger partial charge in [0, 0.05) is 13.0 Å². The van der Waals surface area contributed by atoms with Crippen molar-refractivity contribution in [3.8, 4) is 0 Å². The van der Waals surface area contributed by atoms with Crippen LogP contribution < -0.4 is 5.32 Å². The fraction of sp³-hybridized carbons (Fsp3) is 0.933. The molecule has 18 heavy (non-hydrogen) atoms. The van der Waals surface area contributed by atoms with Gasteiger partial charge in [-0.2, -0.15) is 0 Å². The molecule has 1 unspecified atom stereocenters. The van der Waals surface area contributed by atoms with E-state index in [-0.39, 0.29) is 6.04 Å². The van der Waals surface area contributed by atoms with E-state index in [1.165, 1.54) is 44.9 Å². The lowest BCUT2D eigenvalue weighted by Crippen LogP contribution is -2.46. The molecule has 1 heterocycles. The number of morpholine rings is 1. The number of unbranched alkanes of at least 4 members (excludes halogenated alkanes) is 7. The molecule has 1 fully saturated rings. The molecule has 0 spiro atoms. The second-order valence-electron chi connectivity index (χ2n) is 5.27. The van der Waals surface area contributed by atoms with Crippen molar-refractivity contribution >= 4 is 5.78 Å². The SMILES string of the molecule is CCCCCCCCCCC(=O)C1COCCN1. The van der Waals surface area contributed by atoms with Gasteiger partial charge in [0.15, 0.2) is 5.78 Å². The van der Waals surface area contributed by atoms with Crippen molar-refractivity contribution in [2.75, 3.05) is 19.8 Å². The Morgan fingerprint density at radius 3 is 2.39 bits per heavy atom. The molecular formula is C15H29NO2. The number of ketones is 1. The van der Waals surface area contributed by atoms with Crippen LogP contribution in [0.5, 0.6) is 0 Å². The summed E-state index contributed by atoms with van der Waals surface area (Å²) in [6.45, 7) is 4.36. The van der Waals surface area contributed by atoms with Crippen molar-refractivity contribution in [3.05, 3.63) is 0 Å². The summed E-state index contributed by atoms with van der Waals surface area (Å²) in [6.07, 6.45) is 11.0. The Kier molecular flexibility index (Phi) is 9.13. The van der Waals surface area contributed by atoms with Gasteiger partial charge >= 0.3 is 0 Å². The van der Waals surface area contributed by atoms with Crippen LogP contribution >= 0.6 is 0 Å². The van der Waals surface area contributed by atoms with Gasteiger partial charge in [0.1, 0.15) is 0 Å². The summed E-state index contributed by atoms with van der Waals surface area (Å²) in [4.78, 5) is 11.8. The second-order valence-corrected chi connectivity index (χ2v) is 5.27. The second kappa shape index (κ2) is 10.5. The molecule has 1 atom stereocenters. The van der Waals surface area contributed by atoms with Crippen LogP contribution in [0.4, 0.5) is 0 Å². The summed E-state index contributed by atoms with van der Waals surface area (Å²) >= 11 is 0. The lowest BCUT2D eigenvalue weighted by molar-refractivity contribution is -0.123. The molecular weight excluding hydrogens is 226 g/mol. The van der Waals surface area contributed by atoms with Crippen molar-refractivity contribution in [2.24, 2.45) is 0 Å². The molecule has 0 radical (unpaired) electrons. The minimum Gasteiger partial charge on any atom is -0.378 e. The highest BCUT2D eigenvalue weighted by Gasteiger charge is 2.19. The number of hydrogen-bond donors (Lipinski definition) is 1. The van der Waals surface area contributed by atoms with E-state index in [1.807, 2.05) is 0 Å². The normalized spacial score (nSPS) is 19.9. The Balaban J connectivity index is 1.89. The quantitative estimate of drug-likeness (QED) is 0.610. The van der Waals surface area contributed by atoms with Crippen LogP contribution in [-0.2, 0) is 9.53 Å². The third kappa shape index (κ3) is 7.12. The third-order valence-corrected chi connectivity index (χ3v) is 3.59. The van der Waals surface area contributed by atoms with E-state index in [0.29, 0.717) is 12.4 Å². The molecule has 3 nitrogen and oxygen atoms in total. The first-order valence-corrected chi connectivity index (χ1v) is 7.68. The molecule has 0 amide bonds. The third-order valence-electron chi connectivity index (χ3n) is 3.59. The van der Waals surface area contributed by atoms with E-state index < -0.39 is 0 Å². The molecule has 0 aromatic rings. The number of hydrogen-bond acceptors (Lipinski definition) is 3. The van der Waals surface area contributed by atoms with Crippen LogP contribution in [0.1, 0.15) is 64.7 Å². The fourth-order valence-corrected chi connectivity index (χ4v) is 2.38. The molecule has 0 aliphatic carbocycles. The summed E-state index contributed by atoms with van der Waals surface area (Å²) in [5, 5.41) is 3.22. The zero-order chi connectivity index (χ0) is 13.1. The van der Waals surface area contributed by atoms with Gasteiger partial charge in [-0.15, -0.1) is 0 Å². The van der Waals surface area contributed by atoms with Crippen molar-refractivity contribution in [3.63, 3.8) is 0 Å². The van der Waals surface area contributed by atoms with Crippen LogP contribution in [0.2, 0.25) is 0 Å². The Morgan fingerprint density at radius 2 is 1.78 bits per heavy atom. The predicted molar refractivity (Wildman–Crippen MR) is 74.8 cm³/mol. The largest absolute Gasteiger partial charge is 0.378 e. The zero-order valence-electron chi connectivity index (χ0n) is 11.9. The summed E-state index contributed by atoms with van der Waals surface area (Å²) in [7, 11) is 0. The maximum Gasteiger partial charge on any atom is 0.152 e. The molecule has 3 heteroatoms. The Bertz CT molecular complexity index is 213. The van der Waals surface area contributed by atoms with Crippen LogP contribution in [-0.4, -0.2) is 31.6 Å². The van der Waals surface area contributed by atoms with Gasteiger partial charge < -0.3 is 10.1 Å². The minimum atomic E-state index is -0.0386. The zero-order valence-corrected chi connectivity index (χ0v) is 11.9. The Morgan fingerprint density at radius 1 is 1.11 bits per heavy atom. The monoisotopic (exact) mass is 255 g/mol. The number of carbonyl (C=O) groups is 1. The van der Waals surface area contributed by atoms with Crippen molar-refractivity contribution in [1.29, 1.82) is 0 Å². The molecule has 1 aliphatic rings. The average molecular weight is 255 g/mol. The number of nitrogens with one attached hydrogen (secondary N) is 1. The number of rotatable bonds is 10. The highest BCUT2D eigenvalue weighted by atomic mass is 16.5. The van der Waals surface area contributed by atoms with Gasteiger partial charge in [-0.3, -0.25) is 4.79 Å². The van der Waals surface area contributed by atoms with E-state index >= 15 is 0 Å². The Hall–Kier alpha value is -0.410. The van der Waals surface area contributed by atoms with E-state index in [4.69, 9.17) is 4.74 Å². The fourth-order valence-electron chi connectivity index (χ4n) is 2.38. The van der Waals surface area contributed by atoms with E-state index in [0.717, 1.165) is 26.0 Å². The van der Waals surface area contributed by atoms with Gasteiger partial charge in [0.25, 0.3) is 0 Å². The lowest BCUT2D eigenvalue weighted by atomic mass is 10.0. The number of Topliss-reactive ketones (excluding diaryl/α,β-unsaturated/α-hetero) is 1. The van der Waals surface area contributed by atoms with E-state index in [9.17, 15) is 4.79 Å². The average Bonchev–Trinajstić information content (AvgIpc) is 2.42. The van der Waals surface area contributed by atoms with Gasteiger partial charge in [-0.1, -0.05) is 51.9 Å². The van der Waals surface area contributed by atoms with Gasteiger partial charge in [0.2, 0.25) is 0 Å². The van der Waals surface area contributed by atoms with Gasteiger partial charge in [-0.05, 0) is 6.42 Å². The predicted octanol–water partition coefficient (Wildman–Crippen LogP) is 3.07. The lowest BCUT2D eigenvalue weighted by Gasteiger charge is -2.22. The van der Waals surface area contributed by atoms with Crippen molar-refractivity contribution in [1.82, 2.24) is 5.32 Å². The molecule has 1 N–H and O–H groups in total. The van der Waals surface area contributed by atoms with Gasteiger partial charge in [0.05, 0.1) is 19.3 Å². The molecule has 0 saturated carbocycles. The smallest absolute Gasteiger partial charge is 0.152 e. The van der Waals surface area contributed by atoms with Crippen LogP contribution in [0.15, 0.2) is 0 Å². The summed E-state index contributed by atoms with van der Waals surface area (Å²) < 4.78 is 5.30. The summed E-state index contributed by atoms with van der Waals surface area (Å²) in [6, 6.07) is -0.0386. The topological polar surface area (TPSA) is 38.3 Å². The highest BCUT2D eigenvalue weighted by Crippen LogP contribution is 2.10. The van der Waals surface area contributed by atoms with Crippen LogP contribution in [0.25, 0.3) is 0 Å². The van der Waals surface area contributed by atoms with E-state index in [2.05, 4.69) is 12.2 Å². The van der Waals surface area contributed by atoms with E-state index in [1.54, 1.807) is 0 Å². The first-order chi connectivity index (χ1) is 8.84. The molecule has 106 valence electrons. The molecule has 0 aromatic heterocycles. The first kappa shape index (κ1) is 15.6. The minimum absolute atomic E-state index is 0.0386. The highest BCUT2D eigenvalue weighted by molar-refractivity contribution is 5.84. The maximum atomic E-state index is 11.8. The van der Waals surface area contributed by atoms with Crippen LogP contribution in [0.3, 0.4) is 0 Å². The van der Waals surface area contributed by atoms with Crippen LogP contribution in [0, 0.1) is 0 Å². The molecule has 0 bridgehead atoms. The molecule has 1 saturated heterocycles. The Labute approximate surface area is 112 Å². The standard InChI is InChI=1S/C15H29NO2/c1-2-3-4-5-6-7-8-9-10-15(17)14-13-18-12-11-16-14/h14,16H,2-13H2,1H3. The number of carbonyl (C=O) groups excluding carboxylic acids is 1. The van der Waals surface area contributed by atoms with Crippen molar-refractivity contribution < 1.29 is 9.53 Å². The number of ether oxygens (including phenoxy) is 1. The molecule has 1 rings (SSSR count). The maximum absolute atomic E-state index is 11.8. The molecule has 1 aliphatic heterocycles. The molecule has 0 aromatic carbocycles. The van der Waals surface area contributed by atoms with Crippen molar-refractivity contribution in [2.45, 2.75) is 70.8 Å². The first-order valence-electron chi connectivity index (χ1n) is 7.68. The summed E-state index contributed by atoms with van der Waals surface area (Å²) in [5.41, 5.74) is 0. The van der Waals surface area contributed by atoms with Gasteiger partial charge in [-0.25, -0.2) is 0 Å². The summed E-state index contributed by atoms with van der Waals surface area (Å²) in [5.74, 6) is 0.334.